The maximum Gasteiger partial charge on any atom is 0.109 e. The summed E-state index contributed by atoms with van der Waals surface area (Å²) in [5.74, 6) is 0.932. The number of aromatic nitrogens is 2. The SMILES string of the molecule is COC(CN)Cc1nc2c(C)cccc2[nH]1. The molecule has 0 saturated heterocycles. The van der Waals surface area contributed by atoms with Crippen molar-refractivity contribution >= 4 is 11.0 Å². The van der Waals surface area contributed by atoms with Gasteiger partial charge in [0.05, 0.1) is 17.1 Å². The molecule has 0 spiro atoms. The molecular weight excluding hydrogens is 202 g/mol. The third-order valence-electron chi connectivity index (χ3n) is 2.78. The van der Waals surface area contributed by atoms with Gasteiger partial charge in [0.15, 0.2) is 0 Å². The van der Waals surface area contributed by atoms with Crippen LogP contribution < -0.4 is 5.73 Å². The molecule has 2 rings (SSSR count). The number of hydrogen-bond donors (Lipinski definition) is 2. The van der Waals surface area contributed by atoms with Gasteiger partial charge in [0.1, 0.15) is 5.82 Å². The van der Waals surface area contributed by atoms with Crippen LogP contribution in [0.25, 0.3) is 11.0 Å². The van der Waals surface area contributed by atoms with Crippen LogP contribution in [0.2, 0.25) is 0 Å². The van der Waals surface area contributed by atoms with Crippen molar-refractivity contribution in [3.05, 3.63) is 29.6 Å². The lowest BCUT2D eigenvalue weighted by Gasteiger charge is -2.09. The molecule has 2 aromatic rings. The van der Waals surface area contributed by atoms with Crippen LogP contribution in [-0.4, -0.2) is 29.7 Å². The van der Waals surface area contributed by atoms with Gasteiger partial charge >= 0.3 is 0 Å². The summed E-state index contributed by atoms with van der Waals surface area (Å²) in [6.07, 6.45) is 0.752. The van der Waals surface area contributed by atoms with E-state index in [9.17, 15) is 0 Å². The molecule has 1 heterocycles. The van der Waals surface area contributed by atoms with E-state index >= 15 is 0 Å². The fourth-order valence-corrected chi connectivity index (χ4v) is 1.80. The summed E-state index contributed by atoms with van der Waals surface area (Å²) in [5.41, 5.74) is 8.87. The molecular formula is C12H17N3O. The first-order valence-corrected chi connectivity index (χ1v) is 5.41. The molecule has 86 valence electrons. The maximum atomic E-state index is 5.59. The van der Waals surface area contributed by atoms with Gasteiger partial charge in [-0.2, -0.15) is 0 Å². The Labute approximate surface area is 94.8 Å². The average Bonchev–Trinajstić information content (AvgIpc) is 2.70. The number of benzene rings is 1. The van der Waals surface area contributed by atoms with Crippen LogP contribution in [0.3, 0.4) is 0 Å². The smallest absolute Gasteiger partial charge is 0.109 e. The van der Waals surface area contributed by atoms with Crippen molar-refractivity contribution in [2.45, 2.75) is 19.4 Å². The van der Waals surface area contributed by atoms with Gasteiger partial charge in [-0.25, -0.2) is 4.98 Å². The van der Waals surface area contributed by atoms with E-state index in [1.807, 2.05) is 12.1 Å². The fourth-order valence-electron chi connectivity index (χ4n) is 1.80. The molecule has 3 N–H and O–H groups in total. The first-order chi connectivity index (χ1) is 7.74. The van der Waals surface area contributed by atoms with Crippen molar-refractivity contribution in [1.29, 1.82) is 0 Å². The van der Waals surface area contributed by atoms with Gasteiger partial charge < -0.3 is 15.5 Å². The molecule has 0 aliphatic carbocycles. The van der Waals surface area contributed by atoms with Gasteiger partial charge in [0.2, 0.25) is 0 Å². The number of rotatable bonds is 4. The number of H-pyrrole nitrogens is 1. The zero-order valence-electron chi connectivity index (χ0n) is 9.66. The van der Waals surface area contributed by atoms with Gasteiger partial charge in [0.25, 0.3) is 0 Å². The van der Waals surface area contributed by atoms with Crippen LogP contribution in [0.1, 0.15) is 11.4 Å². The lowest BCUT2D eigenvalue weighted by atomic mass is 10.2. The highest BCUT2D eigenvalue weighted by Crippen LogP contribution is 2.16. The van der Waals surface area contributed by atoms with Crippen LogP contribution in [0.4, 0.5) is 0 Å². The minimum absolute atomic E-state index is 0.0286. The summed E-state index contributed by atoms with van der Waals surface area (Å²) in [7, 11) is 1.67. The molecule has 1 aromatic heterocycles. The number of para-hydroxylation sites is 1. The van der Waals surface area contributed by atoms with Gasteiger partial charge in [0, 0.05) is 20.1 Å². The molecule has 0 fully saturated rings. The average molecular weight is 219 g/mol. The molecule has 1 atom stereocenters. The molecule has 4 heteroatoms. The normalized spacial score (nSPS) is 13.2. The minimum atomic E-state index is 0.0286. The molecule has 0 aliphatic heterocycles. The van der Waals surface area contributed by atoms with Crippen molar-refractivity contribution in [2.75, 3.05) is 13.7 Å². The molecule has 1 aromatic carbocycles. The summed E-state index contributed by atoms with van der Waals surface area (Å²) >= 11 is 0. The number of hydrogen-bond acceptors (Lipinski definition) is 3. The number of imidazole rings is 1. The summed E-state index contributed by atoms with van der Waals surface area (Å²) in [6.45, 7) is 2.57. The molecule has 0 bridgehead atoms. The Balaban J connectivity index is 2.29. The van der Waals surface area contributed by atoms with E-state index in [0.717, 1.165) is 23.3 Å². The number of nitrogens with one attached hydrogen (secondary N) is 1. The summed E-state index contributed by atoms with van der Waals surface area (Å²) < 4.78 is 5.24. The Hall–Kier alpha value is -1.39. The van der Waals surface area contributed by atoms with Crippen molar-refractivity contribution in [2.24, 2.45) is 5.73 Å². The summed E-state index contributed by atoms with van der Waals surface area (Å²) in [6, 6.07) is 6.11. The van der Waals surface area contributed by atoms with Gasteiger partial charge in [-0.15, -0.1) is 0 Å². The molecule has 16 heavy (non-hydrogen) atoms. The van der Waals surface area contributed by atoms with Crippen LogP contribution in [-0.2, 0) is 11.2 Å². The van der Waals surface area contributed by atoms with E-state index in [2.05, 4.69) is 23.0 Å². The highest BCUT2D eigenvalue weighted by atomic mass is 16.5. The first-order valence-electron chi connectivity index (χ1n) is 5.41. The number of nitrogens with two attached hydrogens (primary N) is 1. The fraction of sp³-hybridized carbons (Fsp3) is 0.417. The highest BCUT2D eigenvalue weighted by Gasteiger charge is 2.10. The largest absolute Gasteiger partial charge is 0.380 e. The third kappa shape index (κ3) is 2.08. The Kier molecular flexibility index (Phi) is 3.22. The number of aromatic amines is 1. The van der Waals surface area contributed by atoms with Crippen LogP contribution in [0, 0.1) is 6.92 Å². The van der Waals surface area contributed by atoms with Gasteiger partial charge in [-0.3, -0.25) is 0 Å². The monoisotopic (exact) mass is 219 g/mol. The number of aryl methyl sites for hydroxylation is 1. The van der Waals surface area contributed by atoms with Crippen molar-refractivity contribution in [1.82, 2.24) is 9.97 Å². The van der Waals surface area contributed by atoms with E-state index in [-0.39, 0.29) is 6.10 Å². The summed E-state index contributed by atoms with van der Waals surface area (Å²) in [5, 5.41) is 0. The maximum absolute atomic E-state index is 5.59. The Bertz CT molecular complexity index is 474. The second-order valence-electron chi connectivity index (χ2n) is 3.95. The topological polar surface area (TPSA) is 63.9 Å². The predicted molar refractivity (Wildman–Crippen MR) is 64.4 cm³/mol. The second-order valence-corrected chi connectivity index (χ2v) is 3.95. The Morgan fingerprint density at radius 1 is 1.50 bits per heavy atom. The van der Waals surface area contributed by atoms with Crippen molar-refractivity contribution in [3.8, 4) is 0 Å². The number of nitrogens with zero attached hydrogens (tertiary/aromatic N) is 1. The molecule has 1 unspecified atom stereocenters. The number of fused-ring (bicyclic) bond motifs is 1. The molecule has 4 nitrogen and oxygen atoms in total. The van der Waals surface area contributed by atoms with E-state index in [4.69, 9.17) is 10.5 Å². The zero-order valence-corrected chi connectivity index (χ0v) is 9.66. The first kappa shape index (κ1) is 11.1. The number of methoxy groups -OCH3 is 1. The zero-order chi connectivity index (χ0) is 11.5. The van der Waals surface area contributed by atoms with Crippen molar-refractivity contribution in [3.63, 3.8) is 0 Å². The molecule has 0 aliphatic rings. The lowest BCUT2D eigenvalue weighted by Crippen LogP contribution is -2.25. The van der Waals surface area contributed by atoms with Crippen LogP contribution >= 0.6 is 0 Å². The van der Waals surface area contributed by atoms with Gasteiger partial charge in [-0.05, 0) is 18.6 Å². The van der Waals surface area contributed by atoms with E-state index in [0.29, 0.717) is 6.54 Å². The molecule has 0 amide bonds. The lowest BCUT2D eigenvalue weighted by molar-refractivity contribution is 0.108. The number of ether oxygens (including phenoxy) is 1. The van der Waals surface area contributed by atoms with E-state index < -0.39 is 0 Å². The molecule has 0 saturated carbocycles. The third-order valence-corrected chi connectivity index (χ3v) is 2.78. The van der Waals surface area contributed by atoms with Crippen molar-refractivity contribution < 1.29 is 4.74 Å². The van der Waals surface area contributed by atoms with Crippen LogP contribution in [0.5, 0.6) is 0 Å². The van der Waals surface area contributed by atoms with Crippen LogP contribution in [0.15, 0.2) is 18.2 Å². The molecule has 0 radical (unpaired) electrons. The van der Waals surface area contributed by atoms with E-state index in [1.54, 1.807) is 7.11 Å². The quantitative estimate of drug-likeness (QED) is 0.816. The summed E-state index contributed by atoms with van der Waals surface area (Å²) in [4.78, 5) is 7.85. The second kappa shape index (κ2) is 4.63. The minimum Gasteiger partial charge on any atom is -0.380 e. The standard InChI is InChI=1S/C12H17N3O/c1-8-4-3-5-10-12(8)15-11(14-10)6-9(7-13)16-2/h3-5,9H,6-7,13H2,1-2H3,(H,14,15). The Morgan fingerprint density at radius 3 is 2.94 bits per heavy atom. The highest BCUT2D eigenvalue weighted by molar-refractivity contribution is 5.78. The van der Waals surface area contributed by atoms with Gasteiger partial charge in [-0.1, -0.05) is 12.1 Å². The Morgan fingerprint density at radius 2 is 2.31 bits per heavy atom. The van der Waals surface area contributed by atoms with E-state index in [1.165, 1.54) is 5.56 Å². The predicted octanol–water partition coefficient (Wildman–Crippen LogP) is 1.39.